The molecule has 1 aliphatic rings. The Morgan fingerprint density at radius 3 is 2.63 bits per heavy atom. The molecule has 0 spiro atoms. The molecule has 1 fully saturated rings. The van der Waals surface area contributed by atoms with Gasteiger partial charge in [0, 0.05) is 17.0 Å². The van der Waals surface area contributed by atoms with Crippen LogP contribution >= 0.6 is 0 Å². The molecule has 138 valence electrons. The second-order valence-electron chi connectivity index (χ2n) is 6.67. The number of hydrogen-bond donors (Lipinski definition) is 2. The third kappa shape index (κ3) is 3.38. The number of rotatable bonds is 5. The number of carbonyl (C=O) groups is 2. The van der Waals surface area contributed by atoms with E-state index in [0.717, 1.165) is 23.8 Å². The lowest BCUT2D eigenvalue weighted by molar-refractivity contribution is 0.0952. The highest BCUT2D eigenvalue weighted by Crippen LogP contribution is 2.29. The van der Waals surface area contributed by atoms with Gasteiger partial charge in [-0.05, 0) is 50.1 Å². The molecule has 0 atom stereocenters. The van der Waals surface area contributed by atoms with Crippen LogP contribution in [0.2, 0.25) is 0 Å². The summed E-state index contributed by atoms with van der Waals surface area (Å²) in [6.07, 6.45) is 2.00. The lowest BCUT2D eigenvalue weighted by Crippen LogP contribution is -2.27. The Morgan fingerprint density at radius 1 is 1.11 bits per heavy atom. The number of anilines is 1. The third-order valence-corrected chi connectivity index (χ3v) is 4.68. The fraction of sp³-hybridized carbons (Fsp3) is 0.238. The van der Waals surface area contributed by atoms with Gasteiger partial charge in [0.1, 0.15) is 11.3 Å². The molecule has 0 unspecified atom stereocenters. The molecule has 0 aliphatic heterocycles. The second kappa shape index (κ2) is 6.79. The maximum atomic E-state index is 12.8. The molecular formula is C21H20N2O4. The highest BCUT2D eigenvalue weighted by molar-refractivity contribution is 6.10. The summed E-state index contributed by atoms with van der Waals surface area (Å²) >= 11 is 0. The largest absolute Gasteiger partial charge is 0.497 e. The van der Waals surface area contributed by atoms with E-state index in [1.54, 1.807) is 43.5 Å². The SMILES string of the molecule is COc1ccc2oc(C(=O)Nc3ccccc3C(=O)NC3CC3)c(C)c2c1. The number of aryl methyl sites for hydroxylation is 1. The molecule has 0 radical (unpaired) electrons. The fourth-order valence-corrected chi connectivity index (χ4v) is 3.00. The van der Waals surface area contributed by atoms with Crippen LogP contribution in [0.15, 0.2) is 46.9 Å². The molecule has 1 heterocycles. The molecule has 1 aromatic heterocycles. The number of hydrogen-bond acceptors (Lipinski definition) is 4. The van der Waals surface area contributed by atoms with E-state index < -0.39 is 5.91 Å². The Balaban J connectivity index is 1.62. The summed E-state index contributed by atoms with van der Waals surface area (Å²) in [5.74, 6) is 0.338. The van der Waals surface area contributed by atoms with Gasteiger partial charge < -0.3 is 19.8 Å². The van der Waals surface area contributed by atoms with Crippen LogP contribution in [-0.2, 0) is 0 Å². The monoisotopic (exact) mass is 364 g/mol. The van der Waals surface area contributed by atoms with Crippen molar-refractivity contribution in [3.8, 4) is 5.75 Å². The molecule has 1 saturated carbocycles. The first-order valence-corrected chi connectivity index (χ1v) is 8.85. The van der Waals surface area contributed by atoms with E-state index in [2.05, 4.69) is 10.6 Å². The number of fused-ring (bicyclic) bond motifs is 1. The van der Waals surface area contributed by atoms with Crippen LogP contribution in [0.1, 0.15) is 39.3 Å². The van der Waals surface area contributed by atoms with Crippen molar-refractivity contribution in [3.05, 3.63) is 59.4 Å². The molecule has 0 saturated heterocycles. The fourth-order valence-electron chi connectivity index (χ4n) is 3.00. The van der Waals surface area contributed by atoms with E-state index in [1.165, 1.54) is 0 Å². The van der Waals surface area contributed by atoms with E-state index in [-0.39, 0.29) is 17.7 Å². The van der Waals surface area contributed by atoms with Gasteiger partial charge in [-0.15, -0.1) is 0 Å². The van der Waals surface area contributed by atoms with Gasteiger partial charge in [0.15, 0.2) is 5.76 Å². The molecular weight excluding hydrogens is 344 g/mol. The van der Waals surface area contributed by atoms with Crippen LogP contribution in [0, 0.1) is 6.92 Å². The Bertz CT molecular complexity index is 1030. The highest BCUT2D eigenvalue weighted by atomic mass is 16.5. The van der Waals surface area contributed by atoms with E-state index >= 15 is 0 Å². The van der Waals surface area contributed by atoms with Crippen molar-refractivity contribution in [3.63, 3.8) is 0 Å². The molecule has 2 aromatic carbocycles. The van der Waals surface area contributed by atoms with Crippen molar-refractivity contribution in [2.24, 2.45) is 0 Å². The number of para-hydroxylation sites is 1. The first kappa shape index (κ1) is 17.1. The van der Waals surface area contributed by atoms with E-state index in [1.807, 2.05) is 13.0 Å². The number of carbonyl (C=O) groups excluding carboxylic acids is 2. The Kier molecular flexibility index (Phi) is 4.32. The van der Waals surface area contributed by atoms with E-state index in [9.17, 15) is 9.59 Å². The van der Waals surface area contributed by atoms with Crippen molar-refractivity contribution in [1.82, 2.24) is 5.32 Å². The summed E-state index contributed by atoms with van der Waals surface area (Å²) in [5, 5.41) is 6.57. The topological polar surface area (TPSA) is 80.6 Å². The Labute approximate surface area is 156 Å². The zero-order chi connectivity index (χ0) is 19.0. The van der Waals surface area contributed by atoms with Crippen molar-refractivity contribution < 1.29 is 18.7 Å². The van der Waals surface area contributed by atoms with Crippen molar-refractivity contribution in [2.75, 3.05) is 12.4 Å². The summed E-state index contributed by atoms with van der Waals surface area (Å²) in [6.45, 7) is 1.83. The zero-order valence-electron chi connectivity index (χ0n) is 15.2. The molecule has 6 heteroatoms. The number of benzene rings is 2. The average molecular weight is 364 g/mol. The molecule has 6 nitrogen and oxygen atoms in total. The van der Waals surface area contributed by atoms with Crippen molar-refractivity contribution in [1.29, 1.82) is 0 Å². The van der Waals surface area contributed by atoms with Gasteiger partial charge in [-0.2, -0.15) is 0 Å². The summed E-state index contributed by atoms with van der Waals surface area (Å²) in [7, 11) is 1.59. The van der Waals surface area contributed by atoms with Gasteiger partial charge in [-0.25, -0.2) is 0 Å². The quantitative estimate of drug-likeness (QED) is 0.720. The summed E-state index contributed by atoms with van der Waals surface area (Å²) in [5.41, 5.74) is 2.23. The van der Waals surface area contributed by atoms with Crippen LogP contribution in [0.5, 0.6) is 5.75 Å². The van der Waals surface area contributed by atoms with Crippen molar-refractivity contribution >= 4 is 28.5 Å². The van der Waals surface area contributed by atoms with Crippen molar-refractivity contribution in [2.45, 2.75) is 25.8 Å². The molecule has 27 heavy (non-hydrogen) atoms. The predicted octanol–water partition coefficient (Wildman–Crippen LogP) is 3.89. The summed E-state index contributed by atoms with van der Waals surface area (Å²) in [6, 6.07) is 12.6. The molecule has 4 rings (SSSR count). The standard InChI is InChI=1S/C21H20N2O4/c1-12-16-11-14(26-2)9-10-18(16)27-19(12)21(25)23-17-6-4-3-5-15(17)20(24)22-13-7-8-13/h3-6,9-11,13H,7-8H2,1-2H3,(H,22,24)(H,23,25). The molecule has 3 aromatic rings. The Morgan fingerprint density at radius 2 is 1.89 bits per heavy atom. The normalized spacial score (nSPS) is 13.4. The van der Waals surface area contributed by atoms with Gasteiger partial charge in [0.05, 0.1) is 18.4 Å². The molecule has 2 N–H and O–H groups in total. The number of ether oxygens (including phenoxy) is 1. The average Bonchev–Trinajstić information content (AvgIpc) is 3.43. The van der Waals surface area contributed by atoms with Crippen LogP contribution in [0.4, 0.5) is 5.69 Å². The number of furan rings is 1. The number of amides is 2. The van der Waals surface area contributed by atoms with Gasteiger partial charge in [0.2, 0.25) is 0 Å². The number of nitrogens with one attached hydrogen (secondary N) is 2. The van der Waals surface area contributed by atoms with Gasteiger partial charge in [-0.3, -0.25) is 9.59 Å². The number of methoxy groups -OCH3 is 1. The predicted molar refractivity (Wildman–Crippen MR) is 102 cm³/mol. The maximum absolute atomic E-state index is 12.8. The van der Waals surface area contributed by atoms with Crippen LogP contribution in [0.25, 0.3) is 11.0 Å². The first-order valence-electron chi connectivity index (χ1n) is 8.85. The summed E-state index contributed by atoms with van der Waals surface area (Å²) < 4.78 is 11.0. The minimum atomic E-state index is -0.394. The molecule has 2 amide bonds. The third-order valence-electron chi connectivity index (χ3n) is 4.68. The first-order chi connectivity index (χ1) is 13.1. The zero-order valence-corrected chi connectivity index (χ0v) is 15.2. The summed E-state index contributed by atoms with van der Waals surface area (Å²) in [4.78, 5) is 25.2. The van der Waals surface area contributed by atoms with Crippen LogP contribution in [-0.4, -0.2) is 25.0 Å². The Hall–Kier alpha value is -3.28. The van der Waals surface area contributed by atoms with Gasteiger partial charge in [0.25, 0.3) is 11.8 Å². The lowest BCUT2D eigenvalue weighted by atomic mass is 10.1. The van der Waals surface area contributed by atoms with E-state index in [4.69, 9.17) is 9.15 Å². The van der Waals surface area contributed by atoms with Gasteiger partial charge in [-0.1, -0.05) is 12.1 Å². The molecule has 0 bridgehead atoms. The minimum absolute atomic E-state index is 0.181. The van der Waals surface area contributed by atoms with E-state index in [0.29, 0.717) is 22.6 Å². The van der Waals surface area contributed by atoms with Crippen LogP contribution in [0.3, 0.4) is 0 Å². The van der Waals surface area contributed by atoms with Gasteiger partial charge >= 0.3 is 0 Å². The second-order valence-corrected chi connectivity index (χ2v) is 6.67. The smallest absolute Gasteiger partial charge is 0.291 e. The minimum Gasteiger partial charge on any atom is -0.497 e. The van der Waals surface area contributed by atoms with Crippen LogP contribution < -0.4 is 15.4 Å². The maximum Gasteiger partial charge on any atom is 0.291 e. The molecule has 1 aliphatic carbocycles. The lowest BCUT2D eigenvalue weighted by Gasteiger charge is -2.10. The highest BCUT2D eigenvalue weighted by Gasteiger charge is 2.25.